The van der Waals surface area contributed by atoms with Gasteiger partial charge in [0.05, 0.1) is 17.0 Å². The molecule has 0 saturated carbocycles. The minimum atomic E-state index is -0.279. The highest BCUT2D eigenvalue weighted by atomic mass is 32.1. The molecule has 0 amide bonds. The van der Waals surface area contributed by atoms with Crippen molar-refractivity contribution >= 4 is 17.3 Å². The summed E-state index contributed by atoms with van der Waals surface area (Å²) in [5, 5.41) is 16.2. The van der Waals surface area contributed by atoms with Crippen molar-refractivity contribution in [3.05, 3.63) is 23.1 Å². The smallest absolute Gasteiger partial charge is 0.311 e. The van der Waals surface area contributed by atoms with Gasteiger partial charge in [0, 0.05) is 6.92 Å². The Kier molecular flexibility index (Phi) is 5.38. The minimum Gasteiger partial charge on any atom is -0.466 e. The summed E-state index contributed by atoms with van der Waals surface area (Å²) in [6, 6.07) is 3.81. The third-order valence-electron chi connectivity index (χ3n) is 1.97. The van der Waals surface area contributed by atoms with E-state index in [1.165, 1.54) is 18.3 Å². The Balaban J connectivity index is 0.000000232. The van der Waals surface area contributed by atoms with Crippen LogP contribution in [0.5, 0.6) is 5.88 Å². The van der Waals surface area contributed by atoms with Crippen LogP contribution in [-0.4, -0.2) is 17.7 Å². The molecule has 0 atom stereocenters. The molecule has 0 unspecified atom stereocenters. The highest BCUT2D eigenvalue weighted by Crippen LogP contribution is 2.31. The number of esters is 1. The average molecular weight is 268 g/mol. The van der Waals surface area contributed by atoms with E-state index in [2.05, 4.69) is 9.89 Å². The first-order valence-electron chi connectivity index (χ1n) is 5.36. The van der Waals surface area contributed by atoms with Crippen molar-refractivity contribution in [1.29, 1.82) is 0 Å². The first kappa shape index (κ1) is 14.2. The van der Waals surface area contributed by atoms with Crippen LogP contribution < -0.4 is 0 Å². The Hall–Kier alpha value is -1.82. The predicted octanol–water partition coefficient (Wildman–Crippen LogP) is 3.42. The molecule has 6 heteroatoms. The third kappa shape index (κ3) is 3.89. The maximum Gasteiger partial charge on any atom is 0.311 e. The van der Waals surface area contributed by atoms with Crippen molar-refractivity contribution in [2.75, 3.05) is 6.61 Å². The van der Waals surface area contributed by atoms with Gasteiger partial charge in [0.2, 0.25) is 0 Å². The molecule has 2 rings (SSSR count). The number of thiophene rings is 1. The Labute approximate surface area is 109 Å². The van der Waals surface area contributed by atoms with Crippen LogP contribution in [0.2, 0.25) is 0 Å². The first-order chi connectivity index (χ1) is 8.56. The zero-order chi connectivity index (χ0) is 13.5. The normalized spacial score (nSPS) is 9.50. The molecule has 0 aliphatic rings. The Bertz CT molecular complexity index is 490. The topological polar surface area (TPSA) is 72.2 Å². The maximum absolute atomic E-state index is 10.9. The third-order valence-corrected chi connectivity index (χ3v) is 2.84. The van der Waals surface area contributed by atoms with E-state index in [1.54, 1.807) is 13.8 Å². The molecular formula is C12H14NO4S. The summed E-state index contributed by atoms with van der Waals surface area (Å²) >= 11 is 1.53. The second kappa shape index (κ2) is 6.80. The van der Waals surface area contributed by atoms with E-state index in [1.807, 2.05) is 17.5 Å². The van der Waals surface area contributed by atoms with E-state index in [-0.39, 0.29) is 11.8 Å². The van der Waals surface area contributed by atoms with Crippen LogP contribution in [0.15, 0.2) is 22.0 Å². The molecule has 0 aliphatic carbocycles. The lowest BCUT2D eigenvalue weighted by molar-refractivity contribution is -0.140. The quantitative estimate of drug-likeness (QED) is 0.782. The van der Waals surface area contributed by atoms with Gasteiger partial charge in [-0.2, -0.15) is 0 Å². The molecule has 0 N–H and O–H groups in total. The van der Waals surface area contributed by atoms with Gasteiger partial charge in [-0.15, -0.1) is 11.3 Å². The average Bonchev–Trinajstić information content (AvgIpc) is 2.91. The van der Waals surface area contributed by atoms with Crippen LogP contribution in [0.3, 0.4) is 0 Å². The van der Waals surface area contributed by atoms with Gasteiger partial charge in [0.15, 0.2) is 5.76 Å². The van der Waals surface area contributed by atoms with Gasteiger partial charge in [-0.3, -0.25) is 9.90 Å². The molecule has 0 aliphatic heterocycles. The molecule has 0 bridgehead atoms. The van der Waals surface area contributed by atoms with E-state index in [0.29, 0.717) is 17.9 Å². The number of carbonyl (C=O) groups excluding carboxylic acids is 1. The van der Waals surface area contributed by atoms with Gasteiger partial charge in [0.25, 0.3) is 0 Å². The fraction of sp³-hybridized carbons (Fsp3) is 0.333. The van der Waals surface area contributed by atoms with Gasteiger partial charge in [0.1, 0.15) is 0 Å². The van der Waals surface area contributed by atoms with E-state index in [9.17, 15) is 9.90 Å². The number of carbonyl (C=O) groups is 1. The second-order valence-corrected chi connectivity index (χ2v) is 4.29. The Morgan fingerprint density at radius 1 is 1.56 bits per heavy atom. The van der Waals surface area contributed by atoms with Gasteiger partial charge in [-0.25, -0.2) is 0 Å². The molecule has 2 aromatic heterocycles. The fourth-order valence-electron chi connectivity index (χ4n) is 1.16. The zero-order valence-corrected chi connectivity index (χ0v) is 11.2. The standard InChI is InChI=1S/C8H6NO2S.C4H8O2/c1-5-7(11-9-8(5)10)6-3-2-4-12-6;1-3-6-4(2)5/h2-4H,1H3;3H2,1-2H3. The van der Waals surface area contributed by atoms with E-state index in [4.69, 9.17) is 4.52 Å². The van der Waals surface area contributed by atoms with Crippen molar-refractivity contribution in [3.8, 4) is 16.5 Å². The second-order valence-electron chi connectivity index (χ2n) is 3.34. The Morgan fingerprint density at radius 2 is 2.28 bits per heavy atom. The number of ether oxygens (including phenoxy) is 1. The summed E-state index contributed by atoms with van der Waals surface area (Å²) < 4.78 is 9.29. The molecule has 2 heterocycles. The molecule has 97 valence electrons. The number of aromatic nitrogens is 1. The van der Waals surface area contributed by atoms with Crippen LogP contribution >= 0.6 is 11.3 Å². The lowest BCUT2D eigenvalue weighted by Crippen LogP contribution is -1.95. The van der Waals surface area contributed by atoms with Crippen LogP contribution in [-0.2, 0) is 14.6 Å². The van der Waals surface area contributed by atoms with Crippen molar-refractivity contribution in [2.24, 2.45) is 0 Å². The monoisotopic (exact) mass is 268 g/mol. The number of hydrogen-bond donors (Lipinski definition) is 0. The summed E-state index contributed by atoms with van der Waals surface area (Å²) in [7, 11) is 0. The number of rotatable bonds is 2. The van der Waals surface area contributed by atoms with Crippen LogP contribution in [0, 0.1) is 6.92 Å². The van der Waals surface area contributed by atoms with E-state index < -0.39 is 0 Å². The SMILES string of the molecule is CCOC(C)=O.Cc1c([O])noc1-c1cccs1. The van der Waals surface area contributed by atoms with Crippen LogP contribution in [0.4, 0.5) is 0 Å². The molecule has 0 fully saturated rings. The van der Waals surface area contributed by atoms with Gasteiger partial charge < -0.3 is 9.26 Å². The number of nitrogens with zero attached hydrogens (tertiary/aromatic N) is 1. The molecule has 0 saturated heterocycles. The van der Waals surface area contributed by atoms with Crippen LogP contribution in [0.1, 0.15) is 19.4 Å². The van der Waals surface area contributed by atoms with Crippen LogP contribution in [0.25, 0.3) is 10.6 Å². The first-order valence-corrected chi connectivity index (χ1v) is 6.24. The van der Waals surface area contributed by atoms with Gasteiger partial charge in [-0.1, -0.05) is 6.07 Å². The fourth-order valence-corrected chi connectivity index (χ4v) is 1.92. The largest absolute Gasteiger partial charge is 0.466 e. The highest BCUT2D eigenvalue weighted by molar-refractivity contribution is 7.13. The summed E-state index contributed by atoms with van der Waals surface area (Å²) in [6.45, 7) is 5.37. The minimum absolute atomic E-state index is 0.211. The molecular weight excluding hydrogens is 254 g/mol. The van der Waals surface area contributed by atoms with Gasteiger partial charge >= 0.3 is 11.8 Å². The molecule has 18 heavy (non-hydrogen) atoms. The lowest BCUT2D eigenvalue weighted by Gasteiger charge is -1.89. The van der Waals surface area contributed by atoms with E-state index >= 15 is 0 Å². The Morgan fingerprint density at radius 3 is 2.61 bits per heavy atom. The highest BCUT2D eigenvalue weighted by Gasteiger charge is 2.14. The molecule has 2 aromatic rings. The summed E-state index contributed by atoms with van der Waals surface area (Å²) in [4.78, 5) is 10.8. The summed E-state index contributed by atoms with van der Waals surface area (Å²) in [5.74, 6) is 0.103. The van der Waals surface area contributed by atoms with Gasteiger partial charge in [-0.05, 0) is 30.5 Å². The lowest BCUT2D eigenvalue weighted by atomic mass is 10.2. The van der Waals surface area contributed by atoms with E-state index in [0.717, 1.165) is 4.88 Å². The molecule has 0 spiro atoms. The van der Waals surface area contributed by atoms with Crippen molar-refractivity contribution in [2.45, 2.75) is 20.8 Å². The zero-order valence-electron chi connectivity index (χ0n) is 10.4. The van der Waals surface area contributed by atoms with Crippen molar-refractivity contribution in [3.63, 3.8) is 0 Å². The number of hydrogen-bond acceptors (Lipinski definition) is 5. The molecule has 0 aromatic carbocycles. The van der Waals surface area contributed by atoms with Crippen molar-refractivity contribution < 1.29 is 19.2 Å². The molecule has 1 radical (unpaired) electrons. The van der Waals surface area contributed by atoms with Crippen molar-refractivity contribution in [1.82, 2.24) is 5.16 Å². The summed E-state index contributed by atoms with van der Waals surface area (Å²) in [6.07, 6.45) is 0. The predicted molar refractivity (Wildman–Crippen MR) is 67.0 cm³/mol. The summed E-state index contributed by atoms with van der Waals surface area (Å²) in [5.41, 5.74) is 0.581. The maximum atomic E-state index is 10.9. The molecule has 5 nitrogen and oxygen atoms in total.